The Hall–Kier alpha value is -1.65. The molecule has 0 saturated heterocycles. The summed E-state index contributed by atoms with van der Waals surface area (Å²) in [5, 5.41) is 0. The van der Waals surface area contributed by atoms with Crippen molar-refractivity contribution >= 4 is 17.7 Å². The first-order valence-electron chi connectivity index (χ1n) is 5.05. The fraction of sp³-hybridized carbons (Fsp3) is 0.545. The fourth-order valence-corrected chi connectivity index (χ4v) is 1.03. The number of hydrogen-bond donors (Lipinski definition) is 0. The minimum atomic E-state index is -1.19. The van der Waals surface area contributed by atoms with Crippen LogP contribution in [0.3, 0.4) is 0 Å². The van der Waals surface area contributed by atoms with Crippen molar-refractivity contribution in [3.05, 3.63) is 12.7 Å². The third-order valence-corrected chi connectivity index (χ3v) is 1.78. The highest BCUT2D eigenvalue weighted by Gasteiger charge is 2.30. The van der Waals surface area contributed by atoms with Gasteiger partial charge in [0.25, 0.3) is 0 Å². The zero-order chi connectivity index (χ0) is 12.6. The van der Waals surface area contributed by atoms with E-state index in [4.69, 9.17) is 9.47 Å². The monoisotopic (exact) mass is 228 g/mol. The molecule has 0 aromatic heterocycles. The Kier molecular flexibility index (Phi) is 6.83. The number of carbonyl (C=O) groups excluding carboxylic acids is 3. The van der Waals surface area contributed by atoms with Gasteiger partial charge >= 0.3 is 11.9 Å². The van der Waals surface area contributed by atoms with E-state index in [-0.39, 0.29) is 19.6 Å². The van der Waals surface area contributed by atoms with Gasteiger partial charge in [-0.1, -0.05) is 6.58 Å². The molecule has 0 saturated carbocycles. The van der Waals surface area contributed by atoms with Crippen LogP contribution in [0, 0.1) is 5.92 Å². The van der Waals surface area contributed by atoms with E-state index < -0.39 is 23.6 Å². The van der Waals surface area contributed by atoms with Crippen LogP contribution in [0.25, 0.3) is 0 Å². The number of esters is 2. The van der Waals surface area contributed by atoms with Crippen LogP contribution in [0.15, 0.2) is 12.7 Å². The maximum absolute atomic E-state index is 11.4. The first-order chi connectivity index (χ1) is 7.56. The Morgan fingerprint density at radius 3 is 1.88 bits per heavy atom. The van der Waals surface area contributed by atoms with E-state index in [1.807, 2.05) is 0 Å². The summed E-state index contributed by atoms with van der Waals surface area (Å²) in [6.07, 6.45) is 0.798. The summed E-state index contributed by atoms with van der Waals surface area (Å²) in [4.78, 5) is 33.9. The largest absolute Gasteiger partial charge is 0.465 e. The molecule has 0 atom stereocenters. The van der Waals surface area contributed by atoms with Gasteiger partial charge < -0.3 is 9.47 Å². The van der Waals surface area contributed by atoms with Gasteiger partial charge in [0.05, 0.1) is 13.2 Å². The molecule has 0 rings (SSSR count). The molecule has 0 N–H and O–H groups in total. The van der Waals surface area contributed by atoms with Crippen LogP contribution in [-0.2, 0) is 23.9 Å². The molecular weight excluding hydrogens is 212 g/mol. The Bertz CT molecular complexity index is 264. The Balaban J connectivity index is 4.61. The lowest BCUT2D eigenvalue weighted by atomic mass is 10.0. The van der Waals surface area contributed by atoms with E-state index in [0.717, 1.165) is 6.08 Å². The SMILES string of the molecule is C=CC(=O)CC(C(=O)OCC)C(=O)OCC. The topological polar surface area (TPSA) is 69.7 Å². The Labute approximate surface area is 94.4 Å². The van der Waals surface area contributed by atoms with E-state index in [0.29, 0.717) is 0 Å². The lowest BCUT2D eigenvalue weighted by Crippen LogP contribution is -2.29. The predicted octanol–water partition coefficient (Wildman–Crippen LogP) is 0.874. The summed E-state index contributed by atoms with van der Waals surface area (Å²) < 4.78 is 9.38. The van der Waals surface area contributed by atoms with Crippen LogP contribution in [0.4, 0.5) is 0 Å². The molecule has 0 aliphatic carbocycles. The molecule has 0 aromatic carbocycles. The molecule has 0 unspecified atom stereocenters. The molecule has 0 amide bonds. The van der Waals surface area contributed by atoms with Crippen molar-refractivity contribution in [2.24, 2.45) is 5.92 Å². The zero-order valence-corrected chi connectivity index (χ0v) is 9.52. The van der Waals surface area contributed by atoms with Gasteiger partial charge in [0.15, 0.2) is 11.7 Å². The molecule has 0 aliphatic heterocycles. The van der Waals surface area contributed by atoms with E-state index >= 15 is 0 Å². The van der Waals surface area contributed by atoms with Crippen LogP contribution >= 0.6 is 0 Å². The van der Waals surface area contributed by atoms with E-state index in [1.165, 1.54) is 0 Å². The molecule has 0 spiro atoms. The number of carbonyl (C=O) groups is 3. The molecule has 0 heterocycles. The molecule has 0 bridgehead atoms. The molecule has 0 aromatic rings. The maximum atomic E-state index is 11.4. The second-order valence-electron chi connectivity index (χ2n) is 2.93. The van der Waals surface area contributed by atoms with Gasteiger partial charge in [-0.3, -0.25) is 14.4 Å². The molecule has 0 aliphatic rings. The number of ether oxygens (including phenoxy) is 2. The highest BCUT2D eigenvalue weighted by Crippen LogP contribution is 2.10. The summed E-state index contributed by atoms with van der Waals surface area (Å²) in [6.45, 7) is 6.81. The maximum Gasteiger partial charge on any atom is 0.320 e. The van der Waals surface area contributed by atoms with Crippen molar-refractivity contribution in [1.82, 2.24) is 0 Å². The van der Waals surface area contributed by atoms with Gasteiger partial charge in [0.1, 0.15) is 0 Å². The normalized spacial score (nSPS) is 9.69. The second-order valence-corrected chi connectivity index (χ2v) is 2.93. The quantitative estimate of drug-likeness (QED) is 0.367. The number of ketones is 1. The van der Waals surface area contributed by atoms with Crippen molar-refractivity contribution in [2.45, 2.75) is 20.3 Å². The summed E-state index contributed by atoms with van der Waals surface area (Å²) in [7, 11) is 0. The van der Waals surface area contributed by atoms with Crippen LogP contribution in [0.1, 0.15) is 20.3 Å². The fourth-order valence-electron chi connectivity index (χ4n) is 1.03. The number of allylic oxidation sites excluding steroid dienone is 1. The molecule has 5 heteroatoms. The molecule has 16 heavy (non-hydrogen) atoms. The van der Waals surface area contributed by atoms with Crippen molar-refractivity contribution in [1.29, 1.82) is 0 Å². The standard InChI is InChI=1S/C11H16O5/c1-4-8(12)7-9(10(13)15-5-2)11(14)16-6-3/h4,9H,1,5-7H2,2-3H3. The molecular formula is C11H16O5. The minimum absolute atomic E-state index is 0.150. The predicted molar refractivity (Wildman–Crippen MR) is 56.6 cm³/mol. The first kappa shape index (κ1) is 14.3. The average Bonchev–Trinajstić information content (AvgIpc) is 2.25. The van der Waals surface area contributed by atoms with E-state index in [9.17, 15) is 14.4 Å². The van der Waals surface area contributed by atoms with Crippen LogP contribution in [0.5, 0.6) is 0 Å². The Morgan fingerprint density at radius 1 is 1.12 bits per heavy atom. The molecule has 0 fully saturated rings. The molecule has 5 nitrogen and oxygen atoms in total. The second kappa shape index (κ2) is 7.62. The lowest BCUT2D eigenvalue weighted by Gasteiger charge is -2.12. The van der Waals surface area contributed by atoms with Crippen molar-refractivity contribution in [2.75, 3.05) is 13.2 Å². The smallest absolute Gasteiger partial charge is 0.320 e. The van der Waals surface area contributed by atoms with Crippen LogP contribution in [-0.4, -0.2) is 30.9 Å². The van der Waals surface area contributed by atoms with Gasteiger partial charge in [-0.25, -0.2) is 0 Å². The van der Waals surface area contributed by atoms with Gasteiger partial charge in [-0.15, -0.1) is 0 Å². The van der Waals surface area contributed by atoms with Crippen molar-refractivity contribution in [3.8, 4) is 0 Å². The minimum Gasteiger partial charge on any atom is -0.465 e. The van der Waals surface area contributed by atoms with E-state index in [1.54, 1.807) is 13.8 Å². The summed E-state index contributed by atoms with van der Waals surface area (Å²) in [5.41, 5.74) is 0. The Morgan fingerprint density at radius 2 is 1.56 bits per heavy atom. The van der Waals surface area contributed by atoms with Gasteiger partial charge in [0, 0.05) is 6.42 Å². The third kappa shape index (κ3) is 4.72. The summed E-state index contributed by atoms with van der Waals surface area (Å²) in [6, 6.07) is 0. The van der Waals surface area contributed by atoms with Crippen molar-refractivity contribution < 1.29 is 23.9 Å². The zero-order valence-electron chi connectivity index (χ0n) is 9.52. The number of rotatable bonds is 7. The highest BCUT2D eigenvalue weighted by atomic mass is 16.6. The summed E-state index contributed by atoms with van der Waals surface area (Å²) >= 11 is 0. The molecule has 90 valence electrons. The van der Waals surface area contributed by atoms with Gasteiger partial charge in [-0.2, -0.15) is 0 Å². The van der Waals surface area contributed by atoms with Crippen LogP contribution < -0.4 is 0 Å². The number of hydrogen-bond acceptors (Lipinski definition) is 5. The summed E-state index contributed by atoms with van der Waals surface area (Å²) in [5.74, 6) is -3.07. The third-order valence-electron chi connectivity index (χ3n) is 1.78. The van der Waals surface area contributed by atoms with Gasteiger partial charge in [0.2, 0.25) is 0 Å². The lowest BCUT2D eigenvalue weighted by molar-refractivity contribution is -0.162. The van der Waals surface area contributed by atoms with E-state index in [2.05, 4.69) is 6.58 Å². The van der Waals surface area contributed by atoms with Crippen molar-refractivity contribution in [3.63, 3.8) is 0 Å². The highest BCUT2D eigenvalue weighted by molar-refractivity contribution is 6.01. The van der Waals surface area contributed by atoms with Crippen LogP contribution in [0.2, 0.25) is 0 Å². The molecule has 0 radical (unpaired) electrons. The first-order valence-corrected chi connectivity index (χ1v) is 5.05. The van der Waals surface area contributed by atoms with Gasteiger partial charge in [-0.05, 0) is 19.9 Å². The average molecular weight is 228 g/mol.